The molecule has 0 aromatic heterocycles. The second-order valence-corrected chi connectivity index (χ2v) is 5.70. The summed E-state index contributed by atoms with van der Waals surface area (Å²) in [5.74, 6) is -0.822. The minimum Gasteiger partial charge on any atom is -0.462 e. The van der Waals surface area contributed by atoms with Crippen LogP contribution in [-0.4, -0.2) is 36.7 Å². The molecule has 0 saturated heterocycles. The summed E-state index contributed by atoms with van der Waals surface area (Å²) in [6.07, 6.45) is -0.662. The Morgan fingerprint density at radius 1 is 1.09 bits per heavy atom. The van der Waals surface area contributed by atoms with Crippen LogP contribution < -0.4 is 10.6 Å². The van der Waals surface area contributed by atoms with E-state index in [1.807, 2.05) is 0 Å². The Morgan fingerprint density at radius 3 is 2.22 bits per heavy atom. The maximum atomic E-state index is 11.7. The molecular weight excluding hydrogens is 300 g/mol. The quantitative estimate of drug-likeness (QED) is 0.811. The van der Waals surface area contributed by atoms with Crippen LogP contribution in [0.2, 0.25) is 0 Å². The van der Waals surface area contributed by atoms with E-state index in [1.165, 1.54) is 0 Å². The monoisotopic (exact) mass is 322 g/mol. The molecule has 2 N–H and O–H groups in total. The summed E-state index contributed by atoms with van der Waals surface area (Å²) in [5, 5.41) is 4.96. The zero-order valence-electron chi connectivity index (χ0n) is 13.8. The Kier molecular flexibility index (Phi) is 6.56. The summed E-state index contributed by atoms with van der Waals surface area (Å²) >= 11 is 0. The van der Waals surface area contributed by atoms with E-state index < -0.39 is 23.6 Å². The van der Waals surface area contributed by atoms with Gasteiger partial charge in [-0.2, -0.15) is 0 Å². The lowest BCUT2D eigenvalue weighted by atomic mass is 10.2. The molecule has 23 heavy (non-hydrogen) atoms. The number of hydrogen-bond donors (Lipinski definition) is 2. The molecule has 1 rings (SSSR count). The van der Waals surface area contributed by atoms with Crippen LogP contribution in [0.4, 0.5) is 10.5 Å². The second-order valence-electron chi connectivity index (χ2n) is 5.70. The van der Waals surface area contributed by atoms with Gasteiger partial charge in [0.15, 0.2) is 0 Å². The first-order chi connectivity index (χ1) is 10.7. The Hall–Kier alpha value is -2.57. The maximum absolute atomic E-state index is 11.7. The SMILES string of the molecule is CCOC(=O)c1ccc(NC(=O)CNC(=O)OC(C)(C)C)cc1. The molecule has 0 radical (unpaired) electrons. The van der Waals surface area contributed by atoms with Crippen molar-refractivity contribution in [1.29, 1.82) is 0 Å². The highest BCUT2D eigenvalue weighted by Gasteiger charge is 2.16. The smallest absolute Gasteiger partial charge is 0.408 e. The molecule has 0 aliphatic carbocycles. The fourth-order valence-electron chi connectivity index (χ4n) is 1.58. The topological polar surface area (TPSA) is 93.7 Å². The van der Waals surface area contributed by atoms with Gasteiger partial charge in [-0.15, -0.1) is 0 Å². The molecule has 0 fully saturated rings. The minimum absolute atomic E-state index is 0.214. The third-order valence-electron chi connectivity index (χ3n) is 2.47. The number of carbonyl (C=O) groups is 3. The number of hydrogen-bond acceptors (Lipinski definition) is 5. The molecule has 0 unspecified atom stereocenters. The molecule has 0 atom stereocenters. The van der Waals surface area contributed by atoms with Crippen molar-refractivity contribution >= 4 is 23.7 Å². The number of esters is 1. The van der Waals surface area contributed by atoms with E-state index in [4.69, 9.17) is 9.47 Å². The molecule has 1 aromatic carbocycles. The van der Waals surface area contributed by atoms with Crippen molar-refractivity contribution in [3.05, 3.63) is 29.8 Å². The summed E-state index contributed by atoms with van der Waals surface area (Å²) in [7, 11) is 0. The summed E-state index contributed by atoms with van der Waals surface area (Å²) in [5.41, 5.74) is 0.287. The number of alkyl carbamates (subject to hydrolysis) is 1. The average molecular weight is 322 g/mol. The van der Waals surface area contributed by atoms with Gasteiger partial charge in [0.1, 0.15) is 12.1 Å². The van der Waals surface area contributed by atoms with Crippen LogP contribution in [0.5, 0.6) is 0 Å². The van der Waals surface area contributed by atoms with E-state index in [0.717, 1.165) is 0 Å². The molecule has 0 aliphatic heterocycles. The molecule has 7 nitrogen and oxygen atoms in total. The summed E-state index contributed by atoms with van der Waals surface area (Å²) in [4.78, 5) is 34.7. The van der Waals surface area contributed by atoms with Crippen LogP contribution in [0, 0.1) is 0 Å². The van der Waals surface area contributed by atoms with Crippen LogP contribution in [0.1, 0.15) is 38.1 Å². The number of benzene rings is 1. The standard InChI is InChI=1S/C16H22N2O5/c1-5-22-14(20)11-6-8-12(9-7-11)18-13(19)10-17-15(21)23-16(2,3)4/h6-9H,5,10H2,1-4H3,(H,17,21)(H,18,19). The fourth-order valence-corrected chi connectivity index (χ4v) is 1.58. The van der Waals surface area contributed by atoms with Gasteiger partial charge in [-0.05, 0) is 52.0 Å². The number of ether oxygens (including phenoxy) is 2. The van der Waals surface area contributed by atoms with Crippen molar-refractivity contribution in [2.45, 2.75) is 33.3 Å². The van der Waals surface area contributed by atoms with Gasteiger partial charge in [0.05, 0.1) is 12.2 Å². The third-order valence-corrected chi connectivity index (χ3v) is 2.47. The van der Waals surface area contributed by atoms with E-state index >= 15 is 0 Å². The highest BCUT2D eigenvalue weighted by Crippen LogP contribution is 2.10. The average Bonchev–Trinajstić information content (AvgIpc) is 2.44. The molecule has 0 bridgehead atoms. The molecule has 2 amide bonds. The molecule has 0 aliphatic rings. The summed E-state index contributed by atoms with van der Waals surface area (Å²) < 4.78 is 9.89. The van der Waals surface area contributed by atoms with Gasteiger partial charge >= 0.3 is 12.1 Å². The van der Waals surface area contributed by atoms with Crippen LogP contribution in [0.25, 0.3) is 0 Å². The van der Waals surface area contributed by atoms with Gasteiger partial charge in [0.25, 0.3) is 0 Å². The van der Waals surface area contributed by atoms with Crippen LogP contribution in [0.15, 0.2) is 24.3 Å². The van der Waals surface area contributed by atoms with Crippen LogP contribution in [0.3, 0.4) is 0 Å². The van der Waals surface area contributed by atoms with Gasteiger partial charge in [0.2, 0.25) is 5.91 Å². The van der Waals surface area contributed by atoms with Crippen molar-refractivity contribution < 1.29 is 23.9 Å². The van der Waals surface area contributed by atoms with E-state index in [1.54, 1.807) is 52.0 Å². The zero-order valence-corrected chi connectivity index (χ0v) is 13.8. The number of amides is 2. The van der Waals surface area contributed by atoms with Crippen molar-refractivity contribution in [3.8, 4) is 0 Å². The molecule has 0 heterocycles. The predicted octanol–water partition coefficient (Wildman–Crippen LogP) is 2.33. The third kappa shape index (κ3) is 7.30. The first-order valence-corrected chi connectivity index (χ1v) is 7.25. The van der Waals surface area contributed by atoms with Crippen molar-refractivity contribution in [2.24, 2.45) is 0 Å². The van der Waals surface area contributed by atoms with Crippen molar-refractivity contribution in [3.63, 3.8) is 0 Å². The van der Waals surface area contributed by atoms with Crippen molar-refractivity contribution in [2.75, 3.05) is 18.5 Å². The minimum atomic E-state index is -0.662. The van der Waals surface area contributed by atoms with Gasteiger partial charge in [-0.1, -0.05) is 0 Å². The van der Waals surface area contributed by atoms with Gasteiger partial charge in [-0.25, -0.2) is 9.59 Å². The molecular formula is C16H22N2O5. The molecule has 0 spiro atoms. The highest BCUT2D eigenvalue weighted by atomic mass is 16.6. The summed E-state index contributed by atoms with van der Waals surface area (Å²) in [6.45, 7) is 7.01. The Morgan fingerprint density at radius 2 is 1.70 bits per heavy atom. The zero-order chi connectivity index (χ0) is 17.5. The number of carbonyl (C=O) groups excluding carboxylic acids is 3. The van der Waals surface area contributed by atoms with E-state index in [9.17, 15) is 14.4 Å². The maximum Gasteiger partial charge on any atom is 0.408 e. The molecule has 0 saturated carbocycles. The number of rotatable bonds is 5. The lowest BCUT2D eigenvalue weighted by Gasteiger charge is -2.19. The second kappa shape index (κ2) is 8.17. The van der Waals surface area contributed by atoms with Crippen molar-refractivity contribution in [1.82, 2.24) is 5.32 Å². The largest absolute Gasteiger partial charge is 0.462 e. The van der Waals surface area contributed by atoms with Gasteiger partial charge in [-0.3, -0.25) is 4.79 Å². The number of anilines is 1. The van der Waals surface area contributed by atoms with Crippen LogP contribution in [-0.2, 0) is 14.3 Å². The Balaban J connectivity index is 2.45. The molecule has 1 aromatic rings. The number of nitrogens with one attached hydrogen (secondary N) is 2. The lowest BCUT2D eigenvalue weighted by molar-refractivity contribution is -0.115. The van der Waals surface area contributed by atoms with Crippen LogP contribution >= 0.6 is 0 Å². The molecule has 126 valence electrons. The Bertz CT molecular complexity index is 561. The summed E-state index contributed by atoms with van der Waals surface area (Å²) in [6, 6.07) is 6.26. The highest BCUT2D eigenvalue weighted by molar-refractivity contribution is 5.95. The normalized spacial score (nSPS) is 10.6. The first kappa shape index (κ1) is 18.5. The Labute approximate surface area is 135 Å². The fraction of sp³-hybridized carbons (Fsp3) is 0.438. The molecule has 7 heteroatoms. The predicted molar refractivity (Wildman–Crippen MR) is 85.3 cm³/mol. The first-order valence-electron chi connectivity index (χ1n) is 7.25. The van der Waals surface area contributed by atoms with Gasteiger partial charge < -0.3 is 20.1 Å². The lowest BCUT2D eigenvalue weighted by Crippen LogP contribution is -2.37. The van der Waals surface area contributed by atoms with E-state index in [2.05, 4.69) is 10.6 Å². The van der Waals surface area contributed by atoms with Gasteiger partial charge in [0, 0.05) is 5.69 Å². The van der Waals surface area contributed by atoms with E-state index in [-0.39, 0.29) is 6.54 Å². The van der Waals surface area contributed by atoms with E-state index in [0.29, 0.717) is 17.9 Å².